The van der Waals surface area contributed by atoms with Crippen LogP contribution in [0.2, 0.25) is 0 Å². The van der Waals surface area contributed by atoms with Gasteiger partial charge in [0, 0.05) is 12.4 Å². The molecule has 2 N–H and O–H groups in total. The number of ether oxygens (including phenoxy) is 2. The summed E-state index contributed by atoms with van der Waals surface area (Å²) in [4.78, 5) is 6.88. The monoisotopic (exact) mass is 234 g/mol. The minimum absolute atomic E-state index is 0.497. The van der Waals surface area contributed by atoms with Crippen molar-refractivity contribution < 1.29 is 14.6 Å². The first-order chi connectivity index (χ1) is 8.26. The van der Waals surface area contributed by atoms with E-state index in [1.54, 1.807) is 44.8 Å². The number of nitrogens with zero attached hydrogens (tertiary/aromatic N) is 1. The van der Waals surface area contributed by atoms with Gasteiger partial charge in [0.2, 0.25) is 0 Å². The molecule has 1 aromatic heterocycles. The van der Waals surface area contributed by atoms with Gasteiger partial charge in [-0.05, 0) is 17.7 Å². The van der Waals surface area contributed by atoms with Crippen LogP contribution in [0.15, 0.2) is 30.6 Å². The maximum Gasteiger partial charge on any atom is 0.161 e. The average molecular weight is 234 g/mol. The number of aliphatic hydroxyl groups excluding tert-OH is 1. The van der Waals surface area contributed by atoms with Gasteiger partial charge in [0.05, 0.1) is 14.2 Å². The molecule has 1 atom stereocenters. The van der Waals surface area contributed by atoms with Gasteiger partial charge >= 0.3 is 0 Å². The van der Waals surface area contributed by atoms with E-state index in [0.29, 0.717) is 22.9 Å². The predicted molar refractivity (Wildman–Crippen MR) is 62.2 cm³/mol. The van der Waals surface area contributed by atoms with Gasteiger partial charge in [-0.25, -0.2) is 4.98 Å². The number of imidazole rings is 1. The van der Waals surface area contributed by atoms with Crippen molar-refractivity contribution in [2.45, 2.75) is 6.10 Å². The number of hydrogen-bond acceptors (Lipinski definition) is 4. The lowest BCUT2D eigenvalue weighted by molar-refractivity contribution is 0.210. The Morgan fingerprint density at radius 1 is 1.24 bits per heavy atom. The Kier molecular flexibility index (Phi) is 3.30. The van der Waals surface area contributed by atoms with E-state index in [-0.39, 0.29) is 0 Å². The van der Waals surface area contributed by atoms with Crippen molar-refractivity contribution in [1.82, 2.24) is 9.97 Å². The van der Waals surface area contributed by atoms with Gasteiger partial charge in [0.15, 0.2) is 11.5 Å². The third-order valence-corrected chi connectivity index (χ3v) is 2.50. The number of rotatable bonds is 4. The Morgan fingerprint density at radius 2 is 2.00 bits per heavy atom. The zero-order chi connectivity index (χ0) is 12.3. The molecular formula is C12H14N2O3. The fourth-order valence-corrected chi connectivity index (χ4v) is 1.61. The minimum atomic E-state index is -0.801. The first-order valence-corrected chi connectivity index (χ1v) is 5.15. The van der Waals surface area contributed by atoms with Crippen LogP contribution in [-0.2, 0) is 0 Å². The van der Waals surface area contributed by atoms with Crippen LogP contribution in [0.3, 0.4) is 0 Å². The van der Waals surface area contributed by atoms with Gasteiger partial charge in [-0.1, -0.05) is 6.07 Å². The molecule has 0 saturated carbocycles. The van der Waals surface area contributed by atoms with Crippen LogP contribution in [0.25, 0.3) is 0 Å². The molecule has 0 bridgehead atoms. The molecule has 0 aliphatic rings. The number of aromatic nitrogens is 2. The molecule has 5 nitrogen and oxygen atoms in total. The summed E-state index contributed by atoms with van der Waals surface area (Å²) >= 11 is 0. The van der Waals surface area contributed by atoms with Crippen LogP contribution in [0.5, 0.6) is 11.5 Å². The van der Waals surface area contributed by atoms with E-state index in [4.69, 9.17) is 9.47 Å². The van der Waals surface area contributed by atoms with Gasteiger partial charge in [-0.15, -0.1) is 0 Å². The van der Waals surface area contributed by atoms with E-state index in [0.717, 1.165) is 0 Å². The number of aromatic amines is 1. The molecule has 0 aliphatic heterocycles. The van der Waals surface area contributed by atoms with Gasteiger partial charge < -0.3 is 19.6 Å². The normalized spacial score (nSPS) is 12.2. The molecule has 2 aromatic rings. The smallest absolute Gasteiger partial charge is 0.161 e. The summed E-state index contributed by atoms with van der Waals surface area (Å²) in [6, 6.07) is 5.25. The van der Waals surface area contributed by atoms with Crippen LogP contribution in [0, 0.1) is 0 Å². The van der Waals surface area contributed by atoms with Crippen molar-refractivity contribution >= 4 is 0 Å². The van der Waals surface area contributed by atoms with Crippen LogP contribution in [0.1, 0.15) is 17.5 Å². The molecule has 0 spiro atoms. The van der Waals surface area contributed by atoms with Crippen molar-refractivity contribution in [2.24, 2.45) is 0 Å². The molecule has 0 saturated heterocycles. The van der Waals surface area contributed by atoms with Gasteiger partial charge in [-0.2, -0.15) is 0 Å². The second-order valence-corrected chi connectivity index (χ2v) is 3.49. The molecule has 1 unspecified atom stereocenters. The molecule has 5 heteroatoms. The average Bonchev–Trinajstić information content (AvgIpc) is 2.90. The summed E-state index contributed by atoms with van der Waals surface area (Å²) in [6.45, 7) is 0. The Bertz CT molecular complexity index is 483. The Labute approximate surface area is 99.0 Å². The molecule has 0 fully saturated rings. The van der Waals surface area contributed by atoms with Crippen molar-refractivity contribution in [3.63, 3.8) is 0 Å². The number of hydrogen-bond donors (Lipinski definition) is 2. The van der Waals surface area contributed by atoms with Crippen LogP contribution in [0.4, 0.5) is 0 Å². The second-order valence-electron chi connectivity index (χ2n) is 3.49. The molecule has 1 heterocycles. The van der Waals surface area contributed by atoms with Crippen LogP contribution in [-0.4, -0.2) is 29.3 Å². The summed E-state index contributed by atoms with van der Waals surface area (Å²) < 4.78 is 10.3. The van der Waals surface area contributed by atoms with Crippen molar-refractivity contribution in [1.29, 1.82) is 0 Å². The number of nitrogens with one attached hydrogen (secondary N) is 1. The fourth-order valence-electron chi connectivity index (χ4n) is 1.61. The molecule has 2 rings (SSSR count). The van der Waals surface area contributed by atoms with Gasteiger partial charge in [0.1, 0.15) is 11.9 Å². The summed E-state index contributed by atoms with van der Waals surface area (Å²) in [6.07, 6.45) is 2.46. The van der Waals surface area contributed by atoms with Crippen molar-refractivity contribution in [3.05, 3.63) is 42.0 Å². The van der Waals surface area contributed by atoms with Gasteiger partial charge in [0.25, 0.3) is 0 Å². The topological polar surface area (TPSA) is 67.4 Å². The van der Waals surface area contributed by atoms with Crippen molar-refractivity contribution in [2.75, 3.05) is 14.2 Å². The summed E-state index contributed by atoms with van der Waals surface area (Å²) in [5, 5.41) is 10.1. The van der Waals surface area contributed by atoms with E-state index in [2.05, 4.69) is 9.97 Å². The third kappa shape index (κ3) is 2.24. The lowest BCUT2D eigenvalue weighted by Crippen LogP contribution is -2.02. The molecule has 17 heavy (non-hydrogen) atoms. The molecule has 90 valence electrons. The zero-order valence-corrected chi connectivity index (χ0v) is 9.68. The Morgan fingerprint density at radius 3 is 2.59 bits per heavy atom. The Balaban J connectivity index is 2.33. The van der Waals surface area contributed by atoms with E-state index in [1.165, 1.54) is 0 Å². The first kappa shape index (κ1) is 11.5. The lowest BCUT2D eigenvalue weighted by Gasteiger charge is -2.12. The van der Waals surface area contributed by atoms with E-state index >= 15 is 0 Å². The highest BCUT2D eigenvalue weighted by Crippen LogP contribution is 2.31. The quantitative estimate of drug-likeness (QED) is 0.841. The maximum atomic E-state index is 10.1. The lowest BCUT2D eigenvalue weighted by atomic mass is 10.1. The van der Waals surface area contributed by atoms with Crippen molar-refractivity contribution in [3.8, 4) is 11.5 Å². The molecule has 1 aromatic carbocycles. The molecule has 0 amide bonds. The van der Waals surface area contributed by atoms with E-state index in [9.17, 15) is 5.11 Å². The number of H-pyrrole nitrogens is 1. The predicted octanol–water partition coefficient (Wildman–Crippen LogP) is 1.51. The largest absolute Gasteiger partial charge is 0.493 e. The second kappa shape index (κ2) is 4.88. The standard InChI is InChI=1S/C12H14N2O3/c1-16-9-4-3-8(7-10(9)17-2)11(15)12-13-5-6-14-12/h3-7,11,15H,1-2H3,(H,13,14). The highest BCUT2D eigenvalue weighted by Gasteiger charge is 2.15. The number of benzene rings is 1. The van der Waals surface area contributed by atoms with E-state index in [1.807, 2.05) is 0 Å². The Hall–Kier alpha value is -2.01. The molecular weight excluding hydrogens is 220 g/mol. The number of aliphatic hydroxyl groups is 1. The van der Waals surface area contributed by atoms with E-state index < -0.39 is 6.10 Å². The van der Waals surface area contributed by atoms with Crippen LogP contribution >= 0.6 is 0 Å². The molecule has 0 radical (unpaired) electrons. The first-order valence-electron chi connectivity index (χ1n) is 5.15. The highest BCUT2D eigenvalue weighted by atomic mass is 16.5. The summed E-state index contributed by atoms with van der Waals surface area (Å²) in [5.41, 5.74) is 0.692. The fraction of sp³-hybridized carbons (Fsp3) is 0.250. The van der Waals surface area contributed by atoms with Crippen LogP contribution < -0.4 is 9.47 Å². The summed E-state index contributed by atoms with van der Waals surface area (Å²) in [7, 11) is 3.13. The maximum absolute atomic E-state index is 10.1. The number of methoxy groups -OCH3 is 2. The summed E-state index contributed by atoms with van der Waals surface area (Å²) in [5.74, 6) is 1.70. The third-order valence-electron chi connectivity index (χ3n) is 2.50. The van der Waals surface area contributed by atoms with Gasteiger partial charge in [-0.3, -0.25) is 0 Å². The zero-order valence-electron chi connectivity index (χ0n) is 9.68. The SMILES string of the molecule is COc1ccc(C(O)c2ncc[nH]2)cc1OC. The minimum Gasteiger partial charge on any atom is -0.493 e. The highest BCUT2D eigenvalue weighted by molar-refractivity contribution is 5.44. The molecule has 0 aliphatic carbocycles.